The van der Waals surface area contributed by atoms with Crippen LogP contribution in [-0.4, -0.2) is 25.5 Å². The summed E-state index contributed by atoms with van der Waals surface area (Å²) in [6.07, 6.45) is 0.772. The first-order valence-electron chi connectivity index (χ1n) is 5.58. The fourth-order valence-electron chi connectivity index (χ4n) is 1.84. The summed E-state index contributed by atoms with van der Waals surface area (Å²) in [5, 5.41) is 0.391. The van der Waals surface area contributed by atoms with Gasteiger partial charge in [-0.3, -0.25) is 0 Å². The van der Waals surface area contributed by atoms with Crippen LogP contribution in [0.25, 0.3) is 0 Å². The SMILES string of the molecule is NC(Cc1ccc(Cl)cc1F)CC1OCCO1. The second kappa shape index (κ2) is 5.78. The molecule has 0 spiro atoms. The van der Waals surface area contributed by atoms with E-state index in [4.69, 9.17) is 26.8 Å². The van der Waals surface area contributed by atoms with Gasteiger partial charge in [-0.05, 0) is 24.1 Å². The Labute approximate surface area is 105 Å². The lowest BCUT2D eigenvalue weighted by molar-refractivity contribution is -0.0505. The average molecular weight is 260 g/mol. The maximum Gasteiger partial charge on any atom is 0.159 e. The van der Waals surface area contributed by atoms with Crippen molar-refractivity contribution in [1.82, 2.24) is 0 Å². The highest BCUT2D eigenvalue weighted by Gasteiger charge is 2.20. The quantitative estimate of drug-likeness (QED) is 0.901. The summed E-state index contributed by atoms with van der Waals surface area (Å²) in [6.45, 7) is 1.21. The molecule has 0 radical (unpaired) electrons. The molecule has 0 amide bonds. The fourth-order valence-corrected chi connectivity index (χ4v) is 2.00. The van der Waals surface area contributed by atoms with E-state index in [1.807, 2.05) is 0 Å². The van der Waals surface area contributed by atoms with Gasteiger partial charge in [-0.2, -0.15) is 0 Å². The minimum atomic E-state index is -0.318. The van der Waals surface area contributed by atoms with Gasteiger partial charge in [0.05, 0.1) is 13.2 Å². The van der Waals surface area contributed by atoms with Gasteiger partial charge in [0.25, 0.3) is 0 Å². The zero-order valence-electron chi connectivity index (χ0n) is 9.36. The highest BCUT2D eigenvalue weighted by atomic mass is 35.5. The van der Waals surface area contributed by atoms with E-state index in [1.54, 1.807) is 12.1 Å². The van der Waals surface area contributed by atoms with Crippen molar-refractivity contribution in [2.24, 2.45) is 5.73 Å². The Morgan fingerprint density at radius 1 is 1.41 bits per heavy atom. The third-order valence-electron chi connectivity index (χ3n) is 2.68. The number of benzene rings is 1. The Hall–Kier alpha value is -0.680. The summed E-state index contributed by atoms with van der Waals surface area (Å²) in [5.74, 6) is -0.318. The highest BCUT2D eigenvalue weighted by Crippen LogP contribution is 2.18. The summed E-state index contributed by atoms with van der Waals surface area (Å²) in [7, 11) is 0. The first-order valence-corrected chi connectivity index (χ1v) is 5.95. The van der Waals surface area contributed by atoms with Crippen molar-refractivity contribution in [1.29, 1.82) is 0 Å². The van der Waals surface area contributed by atoms with Crippen molar-refractivity contribution < 1.29 is 13.9 Å². The Morgan fingerprint density at radius 3 is 2.76 bits per heavy atom. The average Bonchev–Trinajstić information content (AvgIpc) is 2.75. The maximum atomic E-state index is 13.5. The Kier molecular flexibility index (Phi) is 4.34. The molecule has 2 N–H and O–H groups in total. The molecule has 17 heavy (non-hydrogen) atoms. The lowest BCUT2D eigenvalue weighted by Gasteiger charge is -2.16. The number of ether oxygens (including phenoxy) is 2. The van der Waals surface area contributed by atoms with Crippen LogP contribution >= 0.6 is 11.6 Å². The van der Waals surface area contributed by atoms with Crippen LogP contribution in [0.3, 0.4) is 0 Å². The van der Waals surface area contributed by atoms with Crippen LogP contribution in [0.2, 0.25) is 5.02 Å². The molecule has 0 aliphatic carbocycles. The van der Waals surface area contributed by atoms with Gasteiger partial charge in [0, 0.05) is 17.5 Å². The van der Waals surface area contributed by atoms with Gasteiger partial charge in [-0.1, -0.05) is 17.7 Å². The lowest BCUT2D eigenvalue weighted by atomic mass is 10.0. The van der Waals surface area contributed by atoms with Crippen LogP contribution < -0.4 is 5.73 Å². The molecule has 1 aromatic carbocycles. The molecule has 0 bridgehead atoms. The van der Waals surface area contributed by atoms with Crippen molar-refractivity contribution in [3.63, 3.8) is 0 Å². The lowest BCUT2D eigenvalue weighted by Crippen LogP contribution is -2.29. The molecule has 1 fully saturated rings. The number of hydrogen-bond acceptors (Lipinski definition) is 3. The molecular formula is C12H15ClFNO2. The summed E-state index contributed by atoms with van der Waals surface area (Å²) >= 11 is 5.68. The zero-order valence-corrected chi connectivity index (χ0v) is 10.1. The van der Waals surface area contributed by atoms with E-state index in [1.165, 1.54) is 6.07 Å². The summed E-state index contributed by atoms with van der Waals surface area (Å²) in [5.41, 5.74) is 6.50. The second-order valence-electron chi connectivity index (χ2n) is 4.11. The summed E-state index contributed by atoms with van der Waals surface area (Å²) in [6, 6.07) is 4.43. The van der Waals surface area contributed by atoms with E-state index in [2.05, 4.69) is 0 Å². The Morgan fingerprint density at radius 2 is 2.12 bits per heavy atom. The van der Waals surface area contributed by atoms with Gasteiger partial charge in [-0.15, -0.1) is 0 Å². The molecule has 1 heterocycles. The molecule has 1 atom stereocenters. The molecule has 94 valence electrons. The van der Waals surface area contributed by atoms with E-state index in [-0.39, 0.29) is 18.1 Å². The molecule has 1 unspecified atom stereocenters. The molecule has 2 rings (SSSR count). The van der Waals surface area contributed by atoms with Crippen molar-refractivity contribution in [2.75, 3.05) is 13.2 Å². The van der Waals surface area contributed by atoms with Crippen LogP contribution in [0.1, 0.15) is 12.0 Å². The molecule has 0 saturated carbocycles. The van der Waals surface area contributed by atoms with Crippen LogP contribution in [0.15, 0.2) is 18.2 Å². The van der Waals surface area contributed by atoms with Gasteiger partial charge in [0.1, 0.15) is 5.82 Å². The first kappa shape index (κ1) is 12.8. The van der Waals surface area contributed by atoms with Crippen LogP contribution in [0.4, 0.5) is 4.39 Å². The molecule has 1 saturated heterocycles. The van der Waals surface area contributed by atoms with Gasteiger partial charge in [-0.25, -0.2) is 4.39 Å². The van der Waals surface area contributed by atoms with Crippen molar-refractivity contribution in [3.05, 3.63) is 34.6 Å². The van der Waals surface area contributed by atoms with Gasteiger partial charge in [0.2, 0.25) is 0 Å². The molecule has 1 aromatic rings. The minimum absolute atomic E-state index is 0.186. The van der Waals surface area contributed by atoms with Gasteiger partial charge >= 0.3 is 0 Å². The summed E-state index contributed by atoms with van der Waals surface area (Å²) < 4.78 is 24.1. The van der Waals surface area contributed by atoms with E-state index >= 15 is 0 Å². The second-order valence-corrected chi connectivity index (χ2v) is 4.54. The molecule has 1 aliphatic heterocycles. The number of halogens is 2. The Bertz CT molecular complexity index is 383. The minimum Gasteiger partial charge on any atom is -0.350 e. The smallest absolute Gasteiger partial charge is 0.159 e. The fraction of sp³-hybridized carbons (Fsp3) is 0.500. The molecule has 3 nitrogen and oxygen atoms in total. The normalized spacial score (nSPS) is 18.5. The third kappa shape index (κ3) is 3.64. The number of nitrogens with two attached hydrogens (primary N) is 1. The predicted molar refractivity (Wildman–Crippen MR) is 63.4 cm³/mol. The standard InChI is InChI=1S/C12H15ClFNO2/c13-9-2-1-8(11(14)6-9)5-10(15)7-12-16-3-4-17-12/h1-2,6,10,12H,3-5,7,15H2. The monoisotopic (exact) mass is 259 g/mol. The maximum absolute atomic E-state index is 13.5. The summed E-state index contributed by atoms with van der Waals surface area (Å²) in [4.78, 5) is 0. The molecule has 5 heteroatoms. The van der Waals surface area contributed by atoms with E-state index in [9.17, 15) is 4.39 Å². The van der Waals surface area contributed by atoms with E-state index in [0.29, 0.717) is 36.6 Å². The van der Waals surface area contributed by atoms with Crippen molar-refractivity contribution >= 4 is 11.6 Å². The number of rotatable bonds is 4. The first-order chi connectivity index (χ1) is 8.15. The van der Waals surface area contributed by atoms with Gasteiger partial charge in [0.15, 0.2) is 6.29 Å². The van der Waals surface area contributed by atoms with Crippen molar-refractivity contribution in [3.8, 4) is 0 Å². The molecular weight excluding hydrogens is 245 g/mol. The Balaban J connectivity index is 1.90. The van der Waals surface area contributed by atoms with Crippen molar-refractivity contribution in [2.45, 2.75) is 25.2 Å². The van der Waals surface area contributed by atoms with E-state index in [0.717, 1.165) is 0 Å². The zero-order chi connectivity index (χ0) is 12.3. The predicted octanol–water partition coefficient (Wildman–Crippen LogP) is 2.11. The van der Waals surface area contributed by atoms with Crippen LogP contribution in [-0.2, 0) is 15.9 Å². The topological polar surface area (TPSA) is 44.5 Å². The van der Waals surface area contributed by atoms with E-state index < -0.39 is 0 Å². The highest BCUT2D eigenvalue weighted by molar-refractivity contribution is 6.30. The largest absolute Gasteiger partial charge is 0.350 e. The molecule has 0 aromatic heterocycles. The van der Waals surface area contributed by atoms with Gasteiger partial charge < -0.3 is 15.2 Å². The van der Waals surface area contributed by atoms with Crippen LogP contribution in [0, 0.1) is 5.82 Å². The molecule has 1 aliphatic rings. The number of hydrogen-bond donors (Lipinski definition) is 1. The third-order valence-corrected chi connectivity index (χ3v) is 2.92. The van der Waals surface area contributed by atoms with Crippen LogP contribution in [0.5, 0.6) is 0 Å².